The highest BCUT2D eigenvalue weighted by molar-refractivity contribution is 5.85. The number of pyridine rings is 1. The molecule has 9 heteroatoms. The molecule has 8 rings (SSSR count). The molecule has 4 aromatic rings. The third kappa shape index (κ3) is 9.36. The molecular weight excluding hydrogens is 739 g/mol. The Hall–Kier alpha value is -4.75. The van der Waals surface area contributed by atoms with Gasteiger partial charge in [0.05, 0.1) is 19.3 Å². The lowest BCUT2D eigenvalue weighted by atomic mass is 9.61. The van der Waals surface area contributed by atoms with Crippen LogP contribution in [-0.2, 0) is 16.0 Å². The van der Waals surface area contributed by atoms with Crippen LogP contribution in [0.15, 0.2) is 72.9 Å². The first-order chi connectivity index (χ1) is 28.6. The molecule has 3 aromatic carbocycles. The van der Waals surface area contributed by atoms with E-state index >= 15 is 0 Å². The van der Waals surface area contributed by atoms with Crippen molar-refractivity contribution < 1.29 is 29.6 Å². The van der Waals surface area contributed by atoms with E-state index < -0.39 is 18.1 Å². The number of piperidine rings is 1. The van der Waals surface area contributed by atoms with Gasteiger partial charge in [-0.25, -0.2) is 4.98 Å². The number of methoxy groups -OCH3 is 1. The number of rotatable bonds is 12. The van der Waals surface area contributed by atoms with Gasteiger partial charge in [0.1, 0.15) is 17.5 Å². The summed E-state index contributed by atoms with van der Waals surface area (Å²) in [6.45, 7) is 0.962. The second-order valence-electron chi connectivity index (χ2n) is 17.9. The number of nitrogens with one attached hydrogen (secondary N) is 1. The smallest absolute Gasteiger partial charge is 0.160 e. The first-order valence-corrected chi connectivity index (χ1v) is 21.9. The molecule has 0 bridgehead atoms. The average molecular weight is 798 g/mol. The lowest BCUT2D eigenvalue weighted by molar-refractivity contribution is -0.124. The van der Waals surface area contributed by atoms with Crippen molar-refractivity contribution in [3.8, 4) is 23.3 Å². The molecule has 0 radical (unpaired) electrons. The number of hydrogen-bond donors (Lipinski definition) is 5. The Morgan fingerprint density at radius 2 is 1.73 bits per heavy atom. The molecule has 2 saturated carbocycles. The number of nitrogens with zero attached hydrogens (tertiary/aromatic N) is 1. The zero-order valence-electron chi connectivity index (χ0n) is 34.2. The van der Waals surface area contributed by atoms with E-state index in [9.17, 15) is 24.9 Å². The summed E-state index contributed by atoms with van der Waals surface area (Å²) in [7, 11) is 1.51. The van der Waals surface area contributed by atoms with Crippen LogP contribution >= 0.6 is 0 Å². The van der Waals surface area contributed by atoms with Crippen molar-refractivity contribution in [3.05, 3.63) is 95.2 Å². The van der Waals surface area contributed by atoms with Crippen molar-refractivity contribution in [2.75, 3.05) is 19.4 Å². The lowest BCUT2D eigenvalue weighted by Gasteiger charge is -2.49. The van der Waals surface area contributed by atoms with E-state index in [1.54, 1.807) is 18.3 Å². The zero-order valence-corrected chi connectivity index (χ0v) is 34.2. The second-order valence-corrected chi connectivity index (χ2v) is 17.9. The molecule has 1 saturated heterocycles. The van der Waals surface area contributed by atoms with Gasteiger partial charge in [0.25, 0.3) is 0 Å². The predicted molar refractivity (Wildman–Crippen MR) is 230 cm³/mol. The van der Waals surface area contributed by atoms with E-state index in [0.717, 1.165) is 65.3 Å². The molecule has 59 heavy (non-hydrogen) atoms. The molecule has 3 fully saturated rings. The van der Waals surface area contributed by atoms with Crippen LogP contribution in [0, 0.1) is 41.4 Å². The highest BCUT2D eigenvalue weighted by Gasteiger charge is 2.44. The van der Waals surface area contributed by atoms with E-state index in [2.05, 4.69) is 52.5 Å². The van der Waals surface area contributed by atoms with Gasteiger partial charge >= 0.3 is 0 Å². The number of benzene rings is 3. The molecule has 0 spiro atoms. The second kappa shape index (κ2) is 18.3. The molecule has 10 atom stereocenters. The molecule has 0 amide bonds. The fourth-order valence-corrected chi connectivity index (χ4v) is 11.0. The molecule has 4 aliphatic rings. The SMILES string of the molecule is COc1cc2c(cc1O)[C@H](CC[C@H](O)C[C@H](c1ccnc(N)c1)c1ccc3ccccc3c1)C#C[C@H]([C@H](O)CC[C@H]1CC[C@H]3[C@H](CN[C@@H]4CC(=O)CC[C@H]34)C1)C(=O)CC2. The number of nitrogen functional groups attached to an aromatic ring is 1. The fraction of sp³-hybridized carbons (Fsp3) is 0.500. The maximum Gasteiger partial charge on any atom is 0.160 e. The normalized spacial score (nSPS) is 27.1. The number of fused-ring (bicyclic) bond motifs is 5. The molecule has 3 aliphatic carbocycles. The maximum absolute atomic E-state index is 13.8. The number of aliphatic hydroxyl groups is 2. The van der Waals surface area contributed by atoms with Gasteiger partial charge in [-0.3, -0.25) is 9.59 Å². The fourth-order valence-electron chi connectivity index (χ4n) is 11.0. The highest BCUT2D eigenvalue weighted by Crippen LogP contribution is 2.46. The third-order valence-corrected chi connectivity index (χ3v) is 14.2. The van der Waals surface area contributed by atoms with Gasteiger partial charge in [0.15, 0.2) is 17.3 Å². The van der Waals surface area contributed by atoms with Gasteiger partial charge in [-0.05, 0) is 145 Å². The van der Waals surface area contributed by atoms with Crippen LogP contribution in [0.1, 0.15) is 111 Å². The Balaban J connectivity index is 0.974. The van der Waals surface area contributed by atoms with E-state index in [1.165, 1.54) is 13.5 Å². The van der Waals surface area contributed by atoms with Gasteiger partial charge in [-0.15, -0.1) is 0 Å². The molecular formula is C50H59N3O6. The molecule has 310 valence electrons. The van der Waals surface area contributed by atoms with E-state index in [4.69, 9.17) is 10.5 Å². The molecule has 9 nitrogen and oxygen atoms in total. The van der Waals surface area contributed by atoms with Gasteiger partial charge in [0, 0.05) is 43.3 Å². The predicted octanol–water partition coefficient (Wildman–Crippen LogP) is 7.63. The summed E-state index contributed by atoms with van der Waals surface area (Å²) in [4.78, 5) is 30.1. The Labute approximate surface area is 348 Å². The van der Waals surface area contributed by atoms with Crippen molar-refractivity contribution in [2.24, 2.45) is 29.6 Å². The number of Topliss-reactive ketones (excluding diaryl/α,β-unsaturated/α-hetero) is 2. The summed E-state index contributed by atoms with van der Waals surface area (Å²) in [5, 5.41) is 40.3. The number of carbonyl (C=O) groups excluding carboxylic acids is 2. The number of anilines is 1. The standard InChI is InChI=1S/C50H59N3O6/c1-59-49-24-35-12-19-47(57)42(46(56)18-7-30-6-15-40-37(22-30)29-53-45-27-39(55)14-17-41(40)45)16-11-32(44(35)28-48(49)58)10-13-38(54)26-43(36-20-21-52-50(51)25-36)34-9-8-31-4-2-3-5-33(31)23-34/h2-5,8-9,20-21,23-25,28,30,32,37-38,40-43,45-46,53-54,56,58H,6-7,10,12-15,17-19,22,26-27,29H2,1H3,(H2,51,52)/t30-,32-,37+,38+,40+,41-,42-,43+,45-,46-/m1/s1. The van der Waals surface area contributed by atoms with Gasteiger partial charge < -0.3 is 31.1 Å². The number of aromatic nitrogens is 1. The summed E-state index contributed by atoms with van der Waals surface area (Å²) in [5.74, 6) is 8.75. The van der Waals surface area contributed by atoms with Crippen LogP contribution in [-0.4, -0.2) is 63.8 Å². The minimum atomic E-state index is -0.878. The number of aliphatic hydroxyl groups excluding tert-OH is 2. The number of hydrogen-bond acceptors (Lipinski definition) is 9. The first-order valence-electron chi connectivity index (χ1n) is 21.9. The number of ether oxygens (including phenoxy) is 1. The van der Waals surface area contributed by atoms with Gasteiger partial charge in [-0.1, -0.05) is 60.7 Å². The summed E-state index contributed by atoms with van der Waals surface area (Å²) in [6, 6.07) is 22.3. The summed E-state index contributed by atoms with van der Waals surface area (Å²) < 4.78 is 5.47. The van der Waals surface area contributed by atoms with Crippen molar-refractivity contribution >= 4 is 28.2 Å². The number of nitrogens with two attached hydrogens (primary N) is 1. The Morgan fingerprint density at radius 1 is 0.898 bits per heavy atom. The summed E-state index contributed by atoms with van der Waals surface area (Å²) >= 11 is 0. The first kappa shape index (κ1) is 41.0. The molecule has 1 aromatic heterocycles. The van der Waals surface area contributed by atoms with Crippen LogP contribution in [0.5, 0.6) is 11.5 Å². The Morgan fingerprint density at radius 3 is 2.56 bits per heavy atom. The molecule has 1 aliphatic heterocycles. The minimum absolute atomic E-state index is 0.00258. The number of aryl methyl sites for hydroxylation is 1. The largest absolute Gasteiger partial charge is 0.504 e. The van der Waals surface area contributed by atoms with Crippen molar-refractivity contribution in [2.45, 2.75) is 114 Å². The van der Waals surface area contributed by atoms with Crippen LogP contribution in [0.25, 0.3) is 10.8 Å². The van der Waals surface area contributed by atoms with E-state index in [1.807, 2.05) is 24.3 Å². The summed E-state index contributed by atoms with van der Waals surface area (Å²) in [5.41, 5.74) is 9.90. The number of phenolic OH excluding ortho intramolecular Hbond substituents is 1. The van der Waals surface area contributed by atoms with E-state index in [-0.39, 0.29) is 29.8 Å². The molecule has 2 heterocycles. The van der Waals surface area contributed by atoms with Crippen molar-refractivity contribution in [3.63, 3.8) is 0 Å². The quantitative estimate of drug-likeness (QED) is 0.0911. The third-order valence-electron chi connectivity index (χ3n) is 14.2. The minimum Gasteiger partial charge on any atom is -0.504 e. The van der Waals surface area contributed by atoms with Crippen molar-refractivity contribution in [1.82, 2.24) is 10.3 Å². The van der Waals surface area contributed by atoms with Gasteiger partial charge in [-0.2, -0.15) is 0 Å². The van der Waals surface area contributed by atoms with Crippen LogP contribution < -0.4 is 15.8 Å². The number of carbonyl (C=O) groups is 2. The van der Waals surface area contributed by atoms with E-state index in [0.29, 0.717) is 92.0 Å². The van der Waals surface area contributed by atoms with Gasteiger partial charge in [0.2, 0.25) is 0 Å². The van der Waals surface area contributed by atoms with Crippen LogP contribution in [0.4, 0.5) is 5.82 Å². The number of phenols is 1. The topological polar surface area (TPSA) is 155 Å². The van der Waals surface area contributed by atoms with Crippen LogP contribution in [0.2, 0.25) is 0 Å². The maximum atomic E-state index is 13.8. The Bertz CT molecular complexity index is 2210. The average Bonchev–Trinajstić information content (AvgIpc) is 3.30. The Kier molecular flexibility index (Phi) is 12.7. The van der Waals surface area contributed by atoms with Crippen molar-refractivity contribution in [1.29, 1.82) is 0 Å². The molecule has 0 unspecified atom stereocenters. The number of ketones is 2. The zero-order chi connectivity index (χ0) is 41.0. The summed E-state index contributed by atoms with van der Waals surface area (Å²) in [6.07, 6.45) is 9.31. The molecule has 6 N–H and O–H groups in total. The lowest BCUT2D eigenvalue weighted by Crippen LogP contribution is -2.54. The number of aromatic hydroxyl groups is 1. The highest BCUT2D eigenvalue weighted by atomic mass is 16.5. The van der Waals surface area contributed by atoms with Crippen LogP contribution in [0.3, 0.4) is 0 Å². The monoisotopic (exact) mass is 797 g/mol.